The van der Waals surface area contributed by atoms with Gasteiger partial charge in [0.05, 0.1) is 11.2 Å². The first-order valence-corrected chi connectivity index (χ1v) is 31.3. The lowest BCUT2D eigenvalue weighted by Crippen LogP contribution is -2.33. The molecule has 1 aliphatic heterocycles. The number of nitrogens with zero attached hydrogens (tertiary/aromatic N) is 2. The van der Waals surface area contributed by atoms with Crippen LogP contribution in [0.15, 0.2) is 71.6 Å². The summed E-state index contributed by atoms with van der Waals surface area (Å²) in [4.78, 5) is 105. The van der Waals surface area contributed by atoms with Crippen LogP contribution in [-0.4, -0.2) is 157 Å². The molecule has 27 heteroatoms. The van der Waals surface area contributed by atoms with Gasteiger partial charge in [0.2, 0.25) is 5.91 Å². The smallest absolute Gasteiger partial charge is 0.219 e. The van der Waals surface area contributed by atoms with Crippen molar-refractivity contribution in [3.05, 3.63) is 88.4 Å². The van der Waals surface area contributed by atoms with E-state index >= 15 is 0 Å². The van der Waals surface area contributed by atoms with E-state index in [4.69, 9.17) is 57.8 Å². The van der Waals surface area contributed by atoms with Crippen molar-refractivity contribution in [3.63, 3.8) is 0 Å². The SMILES string of the molecule is C=O.C=O.C=O.C=O.C=O.C=O.C=O.C=O.C=O.C=O.C=O.CC.CC.CC(=O)N1CCCCC1.CC(C)C.CC(C)O.CCC(C)C.CCC(C)C.CCC(C)C.CCc1ccccc1.CCc1ccccc1.CCc1cscn1.CN.CN.CN.CN.CN.CN.N.N.N.N.N. The van der Waals surface area contributed by atoms with Gasteiger partial charge in [0.25, 0.3) is 0 Å². The average molecular weight is 1450 g/mol. The van der Waals surface area contributed by atoms with Gasteiger partial charge in [-0.15, -0.1) is 11.3 Å². The van der Waals surface area contributed by atoms with Crippen LogP contribution in [-0.2, 0) is 76.8 Å². The summed E-state index contributed by atoms with van der Waals surface area (Å²) in [6, 6.07) is 20.9. The molecule has 2 heterocycles. The number of thiazole rings is 1. The molecule has 0 saturated carbocycles. The Balaban J connectivity index is -0.0000000191. The van der Waals surface area contributed by atoms with Gasteiger partial charge in [0.15, 0.2) is 0 Å². The number of aryl methyl sites for hydroxylation is 3. The number of carbonyl (C=O) groups excluding carboxylic acids is 12. The van der Waals surface area contributed by atoms with Crippen LogP contribution >= 0.6 is 11.3 Å². The number of likely N-dealkylation sites (tertiary alicyclic amines) is 1. The lowest BCUT2D eigenvalue weighted by atomic mass is 10.1. The molecule has 2 aromatic carbocycles. The zero-order valence-electron chi connectivity index (χ0n) is 69.0. The summed E-state index contributed by atoms with van der Waals surface area (Å²) in [5.74, 6) is 3.72. The van der Waals surface area contributed by atoms with E-state index in [1.54, 1.807) is 32.1 Å². The molecule has 1 fully saturated rings. The van der Waals surface area contributed by atoms with Crippen LogP contribution in [0.25, 0.3) is 0 Å². The van der Waals surface area contributed by atoms with E-state index in [1.807, 2.05) is 125 Å². The fraction of sp³-hybridized carbons (Fsp3) is 0.620. The third-order valence-corrected chi connectivity index (χ3v) is 8.23. The lowest BCUT2D eigenvalue weighted by Gasteiger charge is -2.24. The largest absolute Gasteiger partial charge is 0.394 e. The first-order chi connectivity index (χ1) is 44.9. The molecule has 0 spiro atoms. The Bertz CT molecular complexity index is 1230. The van der Waals surface area contributed by atoms with Crippen molar-refractivity contribution < 1.29 is 62.6 Å². The third kappa shape index (κ3) is 428. The highest BCUT2D eigenvalue weighted by Gasteiger charge is 2.11. The molecule has 4 rings (SSSR count). The van der Waals surface area contributed by atoms with E-state index in [0.29, 0.717) is 0 Å². The van der Waals surface area contributed by atoms with Crippen LogP contribution in [0, 0.1) is 23.7 Å². The zero-order chi connectivity index (χ0) is 81.5. The Labute approximate surface area is 610 Å². The summed E-state index contributed by atoms with van der Waals surface area (Å²) < 4.78 is 0. The summed E-state index contributed by atoms with van der Waals surface area (Å²) in [5.41, 5.74) is 32.9. The van der Waals surface area contributed by atoms with Gasteiger partial charge < -0.3 is 128 Å². The van der Waals surface area contributed by atoms with E-state index in [2.05, 4.69) is 197 Å². The van der Waals surface area contributed by atoms with Gasteiger partial charge in [-0.1, -0.05) is 211 Å². The maximum absolute atomic E-state index is 10.7. The first kappa shape index (κ1) is 192. The highest BCUT2D eigenvalue weighted by molar-refractivity contribution is 7.07. The summed E-state index contributed by atoms with van der Waals surface area (Å²) in [7, 11) is 9.00. The Kier molecular flexibility index (Phi) is 604. The lowest BCUT2D eigenvalue weighted by molar-refractivity contribution is -0.129. The van der Waals surface area contributed by atoms with Gasteiger partial charge in [-0.3, -0.25) is 4.79 Å². The number of hydrogen-bond acceptors (Lipinski definition) is 26. The van der Waals surface area contributed by atoms with Crippen molar-refractivity contribution in [1.82, 2.24) is 40.6 Å². The number of hydrogen-bond donors (Lipinski definition) is 12. The van der Waals surface area contributed by atoms with Crippen LogP contribution in [0.1, 0.15) is 208 Å². The minimum Gasteiger partial charge on any atom is -0.394 e. The first-order valence-electron chi connectivity index (χ1n) is 30.4. The molecule has 1 amide bonds. The molecule has 1 aliphatic rings. The molecule has 98 heavy (non-hydrogen) atoms. The van der Waals surface area contributed by atoms with Crippen LogP contribution < -0.4 is 65.2 Å². The van der Waals surface area contributed by atoms with Gasteiger partial charge in [-0.2, -0.15) is 0 Å². The number of aromatic nitrogens is 1. The molecule has 606 valence electrons. The van der Waals surface area contributed by atoms with E-state index in [9.17, 15) is 4.79 Å². The van der Waals surface area contributed by atoms with Crippen LogP contribution in [0.4, 0.5) is 0 Å². The van der Waals surface area contributed by atoms with Crippen molar-refractivity contribution in [2.45, 2.75) is 216 Å². The zero-order valence-corrected chi connectivity index (χ0v) is 69.8. The molecule has 3 aromatic rings. The fourth-order valence-corrected chi connectivity index (χ4v) is 3.69. The third-order valence-electron chi connectivity index (χ3n) is 7.60. The second-order valence-electron chi connectivity index (χ2n) is 15.8. The number of nitrogens with two attached hydrogens (primary N) is 6. The topological polar surface area (TPSA) is 572 Å². The molecule has 0 aliphatic carbocycles. The maximum atomic E-state index is 10.7. The molecule has 1 aromatic heterocycles. The monoisotopic (exact) mass is 1450 g/mol. The predicted molar refractivity (Wildman–Crippen MR) is 439 cm³/mol. The number of rotatable bonds is 6. The number of piperidine rings is 1. The second-order valence-corrected chi connectivity index (χ2v) is 16.5. The summed E-state index contributed by atoms with van der Waals surface area (Å²) in [5, 5.41) is 10.1. The molecule has 26 nitrogen and oxygen atoms in total. The van der Waals surface area contributed by atoms with Gasteiger partial charge in [0.1, 0.15) is 74.7 Å². The fourth-order valence-electron chi connectivity index (χ4n) is 3.05. The van der Waals surface area contributed by atoms with Crippen molar-refractivity contribution in [3.8, 4) is 0 Å². The van der Waals surface area contributed by atoms with Gasteiger partial charge in [0, 0.05) is 31.5 Å². The number of amides is 1. The van der Waals surface area contributed by atoms with Crippen LogP contribution in [0.3, 0.4) is 0 Å². The molecule has 28 N–H and O–H groups in total. The highest BCUT2D eigenvalue weighted by atomic mass is 32.1. The van der Waals surface area contributed by atoms with E-state index in [0.717, 1.165) is 56.0 Å². The van der Waals surface area contributed by atoms with Gasteiger partial charge in [-0.25, -0.2) is 4.98 Å². The van der Waals surface area contributed by atoms with Gasteiger partial charge in [-0.05, 0) is 129 Å². The van der Waals surface area contributed by atoms with Gasteiger partial charge >= 0.3 is 0 Å². The Hall–Kier alpha value is -6.57. The highest BCUT2D eigenvalue weighted by Crippen LogP contribution is 2.08. The molecular weight excluding hydrogens is 1270 g/mol. The van der Waals surface area contributed by atoms with Crippen LogP contribution in [0.5, 0.6) is 0 Å². The quantitative estimate of drug-likeness (QED) is 0.109. The molecule has 0 unspecified atom stereocenters. The summed E-state index contributed by atoms with van der Waals surface area (Å²) in [6.07, 6.45) is 10.8. The minimum absolute atomic E-state index is 0. The van der Waals surface area contributed by atoms with Crippen molar-refractivity contribution in [2.24, 2.45) is 58.1 Å². The van der Waals surface area contributed by atoms with Crippen molar-refractivity contribution >= 4 is 91.9 Å². The molecule has 1 saturated heterocycles. The molecular formula is C71H173N13O13S. The number of aliphatic hydroxyl groups is 1. The Morgan fingerprint density at radius 2 is 0.582 bits per heavy atom. The Morgan fingerprint density at radius 1 is 0.408 bits per heavy atom. The molecule has 0 radical (unpaired) electrons. The number of carbonyl (C=O) groups is 12. The number of aliphatic hydroxyl groups excluding tert-OH is 1. The molecule has 0 atom stereocenters. The summed E-state index contributed by atoms with van der Waals surface area (Å²) >= 11 is 1.65. The Morgan fingerprint density at radius 3 is 0.663 bits per heavy atom. The van der Waals surface area contributed by atoms with E-state index < -0.39 is 0 Å². The van der Waals surface area contributed by atoms with E-state index in [1.165, 1.54) is 97.6 Å². The van der Waals surface area contributed by atoms with Crippen molar-refractivity contribution in [2.75, 3.05) is 55.4 Å². The second kappa shape index (κ2) is 308. The normalized spacial score (nSPS) is 7.12. The maximum Gasteiger partial charge on any atom is 0.219 e. The van der Waals surface area contributed by atoms with E-state index in [-0.39, 0.29) is 42.8 Å². The summed E-state index contributed by atoms with van der Waals surface area (Å²) in [6.45, 7) is 69.9. The van der Waals surface area contributed by atoms with Crippen molar-refractivity contribution in [1.29, 1.82) is 0 Å². The minimum atomic E-state index is -0.167. The standard InChI is InChI=1S/2C8H10.C7H13NO.C5H7NS.3C5H12.C4H10.C3H8O.2C2H6.6CH5N.11CH2O.5H3N/c2*1-2-8-6-4-3-5-7-8;1-7(9)8-5-3-2-4-6-8;1-2-5-3-7-4-6-5;3*1-4-5(2)3;1-4(2)3;1-3(2)4;19*1-2;;;;;/h2*3-7H,2H2,1H3;2-6H2,1H3;3-4H,2H2,1H3;3*5H,4H2,1-3H3;4H,1-3H3;3-4H,1-2H3;2*1-2H3;6*2H2,1H3;11*1H2;5*1H3. The number of benzene rings is 2. The predicted octanol–water partition coefficient (Wildman–Crippen LogP) is 13.7. The van der Waals surface area contributed by atoms with Crippen LogP contribution in [0.2, 0.25) is 0 Å². The average Bonchev–Trinajstić information content (AvgIpc) is 4.34. The molecule has 0 bridgehead atoms.